The molecule has 6 heteroatoms. The number of aromatic nitrogens is 4. The molecule has 1 aromatic heterocycles. The average Bonchev–Trinajstić information content (AvgIpc) is 2.47. The normalized spacial score (nSPS) is 12.9. The highest BCUT2D eigenvalue weighted by atomic mass is 16.3. The molecule has 0 unspecified atom stereocenters. The van der Waals surface area contributed by atoms with Crippen LogP contribution in [0.4, 0.5) is 5.95 Å². The van der Waals surface area contributed by atoms with Gasteiger partial charge >= 0.3 is 0 Å². The van der Waals surface area contributed by atoms with Crippen molar-refractivity contribution in [3.05, 3.63) is 0 Å². The van der Waals surface area contributed by atoms with Crippen molar-refractivity contribution in [2.24, 2.45) is 7.05 Å². The maximum Gasteiger partial charge on any atom is 0.242 e. The summed E-state index contributed by atoms with van der Waals surface area (Å²) in [7, 11) is 1.74. The van der Waals surface area contributed by atoms with E-state index in [1.165, 1.54) is 4.68 Å². The molecule has 12 heavy (non-hydrogen) atoms. The number of aliphatic hydroxyl groups is 1. The lowest BCUT2D eigenvalue weighted by atomic mass is 10.3. The van der Waals surface area contributed by atoms with Crippen LogP contribution in [0.25, 0.3) is 0 Å². The minimum atomic E-state index is -0.346. The van der Waals surface area contributed by atoms with Gasteiger partial charge in [0, 0.05) is 13.6 Å². The molecule has 0 spiro atoms. The molecular formula is C6H13N5O. The van der Waals surface area contributed by atoms with Gasteiger partial charge in [-0.15, -0.1) is 0 Å². The van der Waals surface area contributed by atoms with Gasteiger partial charge < -0.3 is 10.4 Å². The quantitative estimate of drug-likeness (QED) is 0.632. The zero-order valence-electron chi connectivity index (χ0n) is 7.23. The molecule has 0 saturated heterocycles. The van der Waals surface area contributed by atoms with Gasteiger partial charge in [0.1, 0.15) is 0 Å². The molecule has 0 aliphatic rings. The molecule has 1 heterocycles. The molecule has 6 nitrogen and oxygen atoms in total. The summed E-state index contributed by atoms with van der Waals surface area (Å²) >= 11 is 0. The van der Waals surface area contributed by atoms with E-state index in [0.717, 1.165) is 6.42 Å². The Hall–Kier alpha value is -1.17. The van der Waals surface area contributed by atoms with Crippen LogP contribution in [0.1, 0.15) is 13.3 Å². The van der Waals surface area contributed by atoms with Crippen molar-refractivity contribution in [2.45, 2.75) is 19.4 Å². The highest BCUT2D eigenvalue weighted by molar-refractivity contribution is 5.20. The largest absolute Gasteiger partial charge is 0.391 e. The van der Waals surface area contributed by atoms with Crippen LogP contribution in [0, 0.1) is 0 Å². The summed E-state index contributed by atoms with van der Waals surface area (Å²) in [6.07, 6.45) is 0.375. The SMILES string of the molecule is CC[C@H](O)CNc1nnnn1C. The van der Waals surface area contributed by atoms with Crippen molar-refractivity contribution in [3.8, 4) is 0 Å². The number of rotatable bonds is 4. The van der Waals surface area contributed by atoms with Crippen LogP contribution in [0.5, 0.6) is 0 Å². The van der Waals surface area contributed by atoms with Crippen LogP contribution in [0.15, 0.2) is 0 Å². The fraction of sp³-hybridized carbons (Fsp3) is 0.833. The monoisotopic (exact) mass is 171 g/mol. The lowest BCUT2D eigenvalue weighted by molar-refractivity contribution is 0.183. The average molecular weight is 171 g/mol. The van der Waals surface area contributed by atoms with E-state index >= 15 is 0 Å². The number of aryl methyl sites for hydroxylation is 1. The Morgan fingerprint density at radius 2 is 2.42 bits per heavy atom. The third kappa shape index (κ3) is 2.16. The third-order valence-electron chi connectivity index (χ3n) is 1.59. The van der Waals surface area contributed by atoms with E-state index < -0.39 is 0 Å². The van der Waals surface area contributed by atoms with E-state index in [-0.39, 0.29) is 6.10 Å². The van der Waals surface area contributed by atoms with Crippen LogP contribution in [0.2, 0.25) is 0 Å². The Morgan fingerprint density at radius 1 is 1.67 bits per heavy atom. The second-order valence-electron chi connectivity index (χ2n) is 2.57. The summed E-state index contributed by atoms with van der Waals surface area (Å²) in [5.74, 6) is 0.572. The van der Waals surface area contributed by atoms with Crippen LogP contribution < -0.4 is 5.32 Å². The molecule has 1 aromatic rings. The third-order valence-corrected chi connectivity index (χ3v) is 1.59. The first kappa shape index (κ1) is 8.92. The van der Waals surface area contributed by atoms with Gasteiger partial charge in [-0.25, -0.2) is 4.68 Å². The molecule has 0 saturated carbocycles. The van der Waals surface area contributed by atoms with Crippen LogP contribution in [-0.4, -0.2) is 38.0 Å². The fourth-order valence-electron chi connectivity index (χ4n) is 0.733. The zero-order chi connectivity index (χ0) is 8.97. The first-order valence-corrected chi connectivity index (χ1v) is 3.88. The molecule has 0 aromatic carbocycles. The van der Waals surface area contributed by atoms with E-state index in [1.54, 1.807) is 7.05 Å². The van der Waals surface area contributed by atoms with Crippen LogP contribution >= 0.6 is 0 Å². The first-order chi connectivity index (χ1) is 5.74. The summed E-state index contributed by atoms with van der Waals surface area (Å²) in [5.41, 5.74) is 0. The van der Waals surface area contributed by atoms with E-state index in [0.29, 0.717) is 12.5 Å². The van der Waals surface area contributed by atoms with Gasteiger partial charge in [-0.1, -0.05) is 12.0 Å². The predicted octanol–water partition coefficient (Wildman–Crippen LogP) is -0.607. The number of hydrogen-bond donors (Lipinski definition) is 2. The van der Waals surface area contributed by atoms with Crippen molar-refractivity contribution in [1.82, 2.24) is 20.2 Å². The van der Waals surface area contributed by atoms with Crippen molar-refractivity contribution in [3.63, 3.8) is 0 Å². The summed E-state index contributed by atoms with van der Waals surface area (Å²) in [6.45, 7) is 2.39. The number of nitrogens with zero attached hydrogens (tertiary/aromatic N) is 4. The number of hydrogen-bond acceptors (Lipinski definition) is 5. The van der Waals surface area contributed by atoms with Crippen molar-refractivity contribution < 1.29 is 5.11 Å². The maximum atomic E-state index is 9.21. The highest BCUT2D eigenvalue weighted by Crippen LogP contribution is 1.97. The van der Waals surface area contributed by atoms with Gasteiger partial charge in [-0.2, -0.15) is 0 Å². The second kappa shape index (κ2) is 4.01. The minimum Gasteiger partial charge on any atom is -0.391 e. The van der Waals surface area contributed by atoms with Gasteiger partial charge in [-0.3, -0.25) is 0 Å². The Morgan fingerprint density at radius 3 is 2.92 bits per heavy atom. The van der Waals surface area contributed by atoms with Gasteiger partial charge in [0.05, 0.1) is 6.10 Å². The van der Waals surface area contributed by atoms with E-state index in [4.69, 9.17) is 0 Å². The number of tetrazole rings is 1. The summed E-state index contributed by atoms with van der Waals surface area (Å²) in [4.78, 5) is 0. The molecule has 0 radical (unpaired) electrons. The molecule has 0 amide bonds. The fourth-order valence-corrected chi connectivity index (χ4v) is 0.733. The number of aliphatic hydroxyl groups excluding tert-OH is 1. The minimum absolute atomic E-state index is 0.346. The van der Waals surface area contributed by atoms with E-state index in [2.05, 4.69) is 20.8 Å². The smallest absolute Gasteiger partial charge is 0.242 e. The zero-order valence-corrected chi connectivity index (χ0v) is 7.23. The van der Waals surface area contributed by atoms with Gasteiger partial charge in [0.2, 0.25) is 5.95 Å². The van der Waals surface area contributed by atoms with Crippen molar-refractivity contribution >= 4 is 5.95 Å². The maximum absolute atomic E-state index is 9.21. The van der Waals surface area contributed by atoms with Crippen molar-refractivity contribution in [2.75, 3.05) is 11.9 Å². The van der Waals surface area contributed by atoms with Gasteiger partial charge in [0.15, 0.2) is 0 Å². The Labute approximate surface area is 70.6 Å². The van der Waals surface area contributed by atoms with E-state index in [1.807, 2.05) is 6.92 Å². The van der Waals surface area contributed by atoms with Gasteiger partial charge in [-0.05, 0) is 16.8 Å². The molecule has 2 N–H and O–H groups in total. The highest BCUT2D eigenvalue weighted by Gasteiger charge is 2.03. The Bertz CT molecular complexity index is 236. The second-order valence-corrected chi connectivity index (χ2v) is 2.57. The molecule has 68 valence electrons. The number of anilines is 1. The van der Waals surface area contributed by atoms with Crippen molar-refractivity contribution in [1.29, 1.82) is 0 Å². The molecule has 0 aliphatic carbocycles. The lowest BCUT2D eigenvalue weighted by Gasteiger charge is -2.07. The predicted molar refractivity (Wildman–Crippen MR) is 43.6 cm³/mol. The first-order valence-electron chi connectivity index (χ1n) is 3.88. The van der Waals surface area contributed by atoms with Gasteiger partial charge in [0.25, 0.3) is 0 Å². The summed E-state index contributed by atoms with van der Waals surface area (Å²) < 4.78 is 1.52. The molecule has 1 atom stereocenters. The van der Waals surface area contributed by atoms with Crippen LogP contribution in [-0.2, 0) is 7.05 Å². The molecule has 0 bridgehead atoms. The molecule has 1 rings (SSSR count). The van der Waals surface area contributed by atoms with E-state index in [9.17, 15) is 5.11 Å². The number of nitrogens with one attached hydrogen (secondary N) is 1. The molecule has 0 fully saturated rings. The summed E-state index contributed by atoms with van der Waals surface area (Å²) in [5, 5.41) is 22.9. The van der Waals surface area contributed by atoms with Crippen LogP contribution in [0.3, 0.4) is 0 Å². The summed E-state index contributed by atoms with van der Waals surface area (Å²) in [6, 6.07) is 0. The lowest BCUT2D eigenvalue weighted by Crippen LogP contribution is -2.20. The Balaban J connectivity index is 2.38. The topological polar surface area (TPSA) is 75.9 Å². The molecular weight excluding hydrogens is 158 g/mol. The standard InChI is InChI=1S/C6H13N5O/c1-3-5(12)4-7-6-8-9-10-11(6)2/h5,12H,3-4H2,1-2H3,(H,7,8,10)/t5-/m0/s1. The Kier molecular flexibility index (Phi) is 2.98. The molecule has 0 aliphatic heterocycles.